The quantitative estimate of drug-likeness (QED) is 0.481. The molecule has 3 rings (SSSR count). The van der Waals surface area contributed by atoms with Crippen LogP contribution in [0.4, 0.5) is 5.69 Å². The summed E-state index contributed by atoms with van der Waals surface area (Å²) in [5.41, 5.74) is 2.00. The minimum atomic E-state index is -0.498. The van der Waals surface area contributed by atoms with Crippen molar-refractivity contribution in [2.45, 2.75) is 13.5 Å². The molecule has 3 aromatic rings. The van der Waals surface area contributed by atoms with Gasteiger partial charge in [0.2, 0.25) is 5.91 Å². The fourth-order valence-electron chi connectivity index (χ4n) is 2.69. The SMILES string of the molecule is COC(=O)Cn1c(=NC(=O)C=Cc2ccccc2Cl)sc2cc(NC(C)=O)ccc21. The summed E-state index contributed by atoms with van der Waals surface area (Å²) in [6.45, 7) is 1.32. The maximum Gasteiger partial charge on any atom is 0.325 e. The van der Waals surface area contributed by atoms with Gasteiger partial charge in [-0.1, -0.05) is 41.1 Å². The highest BCUT2D eigenvalue weighted by atomic mass is 35.5. The molecule has 9 heteroatoms. The smallest absolute Gasteiger partial charge is 0.325 e. The number of methoxy groups -OCH3 is 1. The van der Waals surface area contributed by atoms with Crippen molar-refractivity contribution in [3.63, 3.8) is 0 Å². The molecule has 0 bridgehead atoms. The summed E-state index contributed by atoms with van der Waals surface area (Å²) in [4.78, 5) is 40.1. The first-order chi connectivity index (χ1) is 14.4. The van der Waals surface area contributed by atoms with Gasteiger partial charge in [0.1, 0.15) is 6.54 Å². The van der Waals surface area contributed by atoms with Crippen LogP contribution in [0.15, 0.2) is 53.5 Å². The Balaban J connectivity index is 2.02. The second kappa shape index (κ2) is 9.51. The molecule has 2 amide bonds. The Labute approximate surface area is 181 Å². The highest BCUT2D eigenvalue weighted by Crippen LogP contribution is 2.22. The fraction of sp³-hybridized carbons (Fsp3) is 0.143. The molecule has 0 fully saturated rings. The first-order valence-electron chi connectivity index (χ1n) is 8.86. The lowest BCUT2D eigenvalue weighted by Gasteiger charge is -2.05. The van der Waals surface area contributed by atoms with Crippen molar-refractivity contribution < 1.29 is 19.1 Å². The molecule has 0 radical (unpaired) electrons. The molecule has 7 nitrogen and oxygen atoms in total. The van der Waals surface area contributed by atoms with Crippen molar-refractivity contribution in [2.75, 3.05) is 12.4 Å². The molecule has 154 valence electrons. The Kier molecular flexibility index (Phi) is 6.81. The summed E-state index contributed by atoms with van der Waals surface area (Å²) in [7, 11) is 1.29. The Bertz CT molecular complexity index is 1230. The lowest BCUT2D eigenvalue weighted by Crippen LogP contribution is -2.22. The fourth-order valence-corrected chi connectivity index (χ4v) is 3.96. The number of benzene rings is 2. The summed E-state index contributed by atoms with van der Waals surface area (Å²) < 4.78 is 7.12. The number of halogens is 1. The molecule has 0 unspecified atom stereocenters. The van der Waals surface area contributed by atoms with Gasteiger partial charge < -0.3 is 14.6 Å². The van der Waals surface area contributed by atoms with Gasteiger partial charge in [-0.05, 0) is 35.9 Å². The highest BCUT2D eigenvalue weighted by Gasteiger charge is 2.12. The number of rotatable bonds is 5. The van der Waals surface area contributed by atoms with Crippen LogP contribution >= 0.6 is 22.9 Å². The van der Waals surface area contributed by atoms with E-state index in [4.69, 9.17) is 16.3 Å². The van der Waals surface area contributed by atoms with E-state index in [2.05, 4.69) is 10.3 Å². The molecular formula is C21H18ClN3O4S. The van der Waals surface area contributed by atoms with Crippen molar-refractivity contribution in [1.29, 1.82) is 0 Å². The number of carbonyl (C=O) groups excluding carboxylic acids is 3. The zero-order valence-electron chi connectivity index (χ0n) is 16.2. The van der Waals surface area contributed by atoms with E-state index in [1.54, 1.807) is 47.0 Å². The zero-order chi connectivity index (χ0) is 21.7. The number of nitrogens with zero attached hydrogens (tertiary/aromatic N) is 2. The van der Waals surface area contributed by atoms with Crippen LogP contribution in [0.5, 0.6) is 0 Å². The second-order valence-electron chi connectivity index (χ2n) is 6.22. The summed E-state index contributed by atoms with van der Waals surface area (Å²) in [5.74, 6) is -1.17. The van der Waals surface area contributed by atoms with E-state index in [1.165, 1.54) is 31.4 Å². The van der Waals surface area contributed by atoms with Gasteiger partial charge in [-0.15, -0.1) is 0 Å². The number of fused-ring (bicyclic) bond motifs is 1. The summed E-state index contributed by atoms with van der Waals surface area (Å²) in [6.07, 6.45) is 2.90. The van der Waals surface area contributed by atoms with Gasteiger partial charge in [-0.2, -0.15) is 4.99 Å². The topological polar surface area (TPSA) is 89.8 Å². The number of hydrogen-bond acceptors (Lipinski definition) is 5. The van der Waals surface area contributed by atoms with Crippen LogP contribution in [0.25, 0.3) is 16.3 Å². The lowest BCUT2D eigenvalue weighted by atomic mass is 10.2. The van der Waals surface area contributed by atoms with E-state index in [0.717, 1.165) is 4.70 Å². The number of amides is 2. The number of thiazole rings is 1. The van der Waals surface area contributed by atoms with E-state index in [9.17, 15) is 14.4 Å². The maximum absolute atomic E-state index is 12.4. The summed E-state index contributed by atoms with van der Waals surface area (Å²) in [6, 6.07) is 12.4. The summed E-state index contributed by atoms with van der Waals surface area (Å²) >= 11 is 7.32. The van der Waals surface area contributed by atoms with Gasteiger partial charge >= 0.3 is 5.97 Å². The van der Waals surface area contributed by atoms with Crippen LogP contribution in [0, 0.1) is 0 Å². The normalized spacial score (nSPS) is 11.8. The van der Waals surface area contributed by atoms with Crippen LogP contribution < -0.4 is 10.1 Å². The van der Waals surface area contributed by atoms with Crippen molar-refractivity contribution >= 4 is 62.7 Å². The largest absolute Gasteiger partial charge is 0.468 e. The maximum atomic E-state index is 12.4. The van der Waals surface area contributed by atoms with Crippen LogP contribution in [0.2, 0.25) is 5.02 Å². The average molecular weight is 444 g/mol. The molecule has 0 saturated heterocycles. The van der Waals surface area contributed by atoms with Crippen molar-refractivity contribution in [1.82, 2.24) is 4.57 Å². The molecule has 1 heterocycles. The number of aromatic nitrogens is 1. The number of carbonyl (C=O) groups is 3. The Morgan fingerprint density at radius 1 is 1.23 bits per heavy atom. The molecule has 0 saturated carbocycles. The third kappa shape index (κ3) is 5.22. The van der Waals surface area contributed by atoms with E-state index in [-0.39, 0.29) is 12.5 Å². The second-order valence-corrected chi connectivity index (χ2v) is 7.63. The zero-order valence-corrected chi connectivity index (χ0v) is 17.8. The van der Waals surface area contributed by atoms with Gasteiger partial charge in [-0.25, -0.2) is 0 Å². The standard InChI is InChI=1S/C21H18ClN3O4S/c1-13(26)23-15-8-9-17-18(11-15)30-21(25(17)12-20(28)29-2)24-19(27)10-7-14-5-3-4-6-16(14)22/h3-11H,12H2,1-2H3,(H,23,26). The predicted octanol–water partition coefficient (Wildman–Crippen LogP) is 3.63. The molecule has 30 heavy (non-hydrogen) atoms. The van der Waals surface area contributed by atoms with Gasteiger partial charge in [0.25, 0.3) is 5.91 Å². The number of esters is 1. The number of ether oxygens (including phenoxy) is 1. The van der Waals surface area contributed by atoms with E-state index >= 15 is 0 Å². The highest BCUT2D eigenvalue weighted by molar-refractivity contribution is 7.16. The molecule has 0 spiro atoms. The van der Waals surface area contributed by atoms with Gasteiger partial charge in [-0.3, -0.25) is 14.4 Å². The van der Waals surface area contributed by atoms with Gasteiger partial charge in [0.05, 0.1) is 17.3 Å². The first-order valence-corrected chi connectivity index (χ1v) is 10.1. The summed E-state index contributed by atoms with van der Waals surface area (Å²) in [5, 5.41) is 3.23. The molecule has 0 atom stereocenters. The molecule has 1 aromatic heterocycles. The number of anilines is 1. The monoisotopic (exact) mass is 443 g/mol. The molecule has 2 aromatic carbocycles. The van der Waals surface area contributed by atoms with Crippen LogP contribution in [-0.2, 0) is 25.7 Å². The van der Waals surface area contributed by atoms with Crippen LogP contribution in [0.3, 0.4) is 0 Å². The van der Waals surface area contributed by atoms with Crippen LogP contribution in [-0.4, -0.2) is 29.5 Å². The molecule has 0 aliphatic rings. The van der Waals surface area contributed by atoms with Crippen molar-refractivity contribution in [3.8, 4) is 0 Å². The third-order valence-electron chi connectivity index (χ3n) is 4.03. The predicted molar refractivity (Wildman–Crippen MR) is 117 cm³/mol. The number of nitrogens with one attached hydrogen (secondary N) is 1. The van der Waals surface area contributed by atoms with Crippen molar-refractivity contribution in [2.24, 2.45) is 4.99 Å². The van der Waals surface area contributed by atoms with Crippen LogP contribution in [0.1, 0.15) is 12.5 Å². The Hall–Kier alpha value is -3.23. The third-order valence-corrected chi connectivity index (χ3v) is 5.42. The molecule has 0 aliphatic carbocycles. The van der Waals surface area contributed by atoms with E-state index in [0.29, 0.717) is 26.6 Å². The average Bonchev–Trinajstić information content (AvgIpc) is 3.02. The molecule has 1 N–H and O–H groups in total. The minimum Gasteiger partial charge on any atom is -0.468 e. The molecule has 0 aliphatic heterocycles. The Morgan fingerprint density at radius 3 is 2.70 bits per heavy atom. The van der Waals surface area contributed by atoms with Crippen molar-refractivity contribution in [3.05, 3.63) is 63.9 Å². The number of hydrogen-bond donors (Lipinski definition) is 1. The Morgan fingerprint density at radius 2 is 2.00 bits per heavy atom. The first kappa shape index (κ1) is 21.5. The molecular weight excluding hydrogens is 426 g/mol. The van der Waals surface area contributed by atoms with Gasteiger partial charge in [0, 0.05) is 23.7 Å². The minimum absolute atomic E-state index is 0.101. The van der Waals surface area contributed by atoms with E-state index in [1.807, 2.05) is 6.07 Å². The lowest BCUT2D eigenvalue weighted by molar-refractivity contribution is -0.141. The van der Waals surface area contributed by atoms with Gasteiger partial charge in [0.15, 0.2) is 4.80 Å². The van der Waals surface area contributed by atoms with E-state index < -0.39 is 11.9 Å².